The minimum absolute atomic E-state index is 0.881. The fourth-order valence-corrected chi connectivity index (χ4v) is 2.72. The number of hydrogen-bond donors (Lipinski definition) is 0. The largest absolute Gasteiger partial charge is 0.379 e. The van der Waals surface area contributed by atoms with E-state index in [1.807, 2.05) is 0 Å². The van der Waals surface area contributed by atoms with E-state index in [1.54, 1.807) is 0 Å². The molecular weight excluding hydrogens is 258 g/mol. The van der Waals surface area contributed by atoms with Crippen LogP contribution >= 0.6 is 0 Å². The molecule has 0 N–H and O–H groups in total. The minimum Gasteiger partial charge on any atom is -0.379 e. The second-order valence-electron chi connectivity index (χ2n) is 5.77. The summed E-state index contributed by atoms with van der Waals surface area (Å²) in [6.45, 7) is 7.16. The van der Waals surface area contributed by atoms with Crippen molar-refractivity contribution in [1.29, 1.82) is 0 Å². The number of aryl methyl sites for hydroxylation is 1. The summed E-state index contributed by atoms with van der Waals surface area (Å²) in [5, 5.41) is 0. The predicted octanol–water partition coefficient (Wildman–Crippen LogP) is 3.54. The van der Waals surface area contributed by atoms with Crippen molar-refractivity contribution >= 4 is 0 Å². The van der Waals surface area contributed by atoms with Crippen LogP contribution in [0.4, 0.5) is 0 Å². The minimum atomic E-state index is 0.881. The van der Waals surface area contributed by atoms with Crippen LogP contribution < -0.4 is 0 Å². The van der Waals surface area contributed by atoms with Crippen molar-refractivity contribution in [1.82, 2.24) is 4.90 Å². The van der Waals surface area contributed by atoms with E-state index in [0.717, 1.165) is 39.3 Å². The zero-order valence-corrected chi connectivity index (χ0v) is 12.7. The van der Waals surface area contributed by atoms with Crippen molar-refractivity contribution < 1.29 is 4.74 Å². The van der Waals surface area contributed by atoms with Crippen molar-refractivity contribution in [3.05, 3.63) is 59.7 Å². The highest BCUT2D eigenvalue weighted by Crippen LogP contribution is 2.20. The smallest absolute Gasteiger partial charge is 0.0594 e. The average Bonchev–Trinajstić information content (AvgIpc) is 2.55. The zero-order valence-electron chi connectivity index (χ0n) is 12.7. The Balaban J connectivity index is 1.59. The number of benzene rings is 2. The Morgan fingerprint density at radius 1 is 0.857 bits per heavy atom. The van der Waals surface area contributed by atoms with Crippen LogP contribution in [0.5, 0.6) is 0 Å². The molecule has 1 heterocycles. The molecule has 0 bridgehead atoms. The van der Waals surface area contributed by atoms with Crippen molar-refractivity contribution in [3.8, 4) is 11.1 Å². The van der Waals surface area contributed by atoms with Gasteiger partial charge < -0.3 is 4.74 Å². The highest BCUT2D eigenvalue weighted by molar-refractivity contribution is 5.63. The summed E-state index contributed by atoms with van der Waals surface area (Å²) in [4.78, 5) is 2.48. The van der Waals surface area contributed by atoms with Gasteiger partial charge in [-0.3, -0.25) is 4.90 Å². The molecule has 1 aliphatic rings. The molecule has 2 aromatic rings. The van der Waals surface area contributed by atoms with Crippen LogP contribution in [0.15, 0.2) is 48.5 Å². The molecule has 0 amide bonds. The molecule has 0 atom stereocenters. The monoisotopic (exact) mass is 281 g/mol. The quantitative estimate of drug-likeness (QED) is 0.850. The van der Waals surface area contributed by atoms with Gasteiger partial charge in [-0.2, -0.15) is 0 Å². The van der Waals surface area contributed by atoms with E-state index in [9.17, 15) is 0 Å². The fourth-order valence-electron chi connectivity index (χ4n) is 2.72. The van der Waals surface area contributed by atoms with E-state index < -0.39 is 0 Å². The van der Waals surface area contributed by atoms with Gasteiger partial charge in [-0.05, 0) is 30.0 Å². The van der Waals surface area contributed by atoms with Crippen LogP contribution in [0.25, 0.3) is 11.1 Å². The van der Waals surface area contributed by atoms with Crippen molar-refractivity contribution in [2.45, 2.75) is 13.3 Å². The summed E-state index contributed by atoms with van der Waals surface area (Å²) in [6, 6.07) is 17.7. The lowest BCUT2D eigenvalue weighted by Gasteiger charge is -2.26. The molecule has 110 valence electrons. The van der Waals surface area contributed by atoms with E-state index >= 15 is 0 Å². The van der Waals surface area contributed by atoms with Crippen LogP contribution in [0.3, 0.4) is 0 Å². The zero-order chi connectivity index (χ0) is 14.5. The van der Waals surface area contributed by atoms with E-state index in [1.165, 1.54) is 22.3 Å². The number of nitrogens with zero attached hydrogens (tertiary/aromatic N) is 1. The molecule has 2 heteroatoms. The number of rotatable bonds is 4. The second kappa shape index (κ2) is 6.88. The Morgan fingerprint density at radius 2 is 1.43 bits per heavy atom. The van der Waals surface area contributed by atoms with Gasteiger partial charge in [0.2, 0.25) is 0 Å². The normalized spacial score (nSPS) is 16.0. The maximum absolute atomic E-state index is 5.38. The summed E-state index contributed by atoms with van der Waals surface area (Å²) in [5.74, 6) is 0. The maximum atomic E-state index is 5.38. The molecule has 0 radical (unpaired) electrons. The number of morpholine rings is 1. The summed E-state index contributed by atoms with van der Waals surface area (Å²) in [7, 11) is 0. The summed E-state index contributed by atoms with van der Waals surface area (Å²) in [5.41, 5.74) is 5.31. The number of ether oxygens (including phenoxy) is 1. The third-order valence-corrected chi connectivity index (χ3v) is 4.16. The standard InChI is InChI=1S/C19H23NO/c1-16-2-6-18(7-3-16)19-8-4-17(5-9-19)10-11-20-12-14-21-15-13-20/h2-9H,10-15H2,1H3. The molecule has 0 saturated carbocycles. The van der Waals surface area contributed by atoms with Crippen LogP contribution in [0.2, 0.25) is 0 Å². The van der Waals surface area contributed by atoms with Gasteiger partial charge >= 0.3 is 0 Å². The van der Waals surface area contributed by atoms with Gasteiger partial charge in [-0.15, -0.1) is 0 Å². The van der Waals surface area contributed by atoms with Gasteiger partial charge in [0.25, 0.3) is 0 Å². The average molecular weight is 281 g/mol. The Labute approximate surface area is 127 Å². The topological polar surface area (TPSA) is 12.5 Å². The van der Waals surface area contributed by atoms with Gasteiger partial charge in [-0.25, -0.2) is 0 Å². The Hall–Kier alpha value is -1.64. The van der Waals surface area contributed by atoms with Gasteiger partial charge in [0.1, 0.15) is 0 Å². The molecule has 21 heavy (non-hydrogen) atoms. The molecule has 0 aliphatic carbocycles. The van der Waals surface area contributed by atoms with Crippen LogP contribution in [0.1, 0.15) is 11.1 Å². The van der Waals surface area contributed by atoms with Crippen molar-refractivity contribution in [2.24, 2.45) is 0 Å². The second-order valence-corrected chi connectivity index (χ2v) is 5.77. The fraction of sp³-hybridized carbons (Fsp3) is 0.368. The Morgan fingerprint density at radius 3 is 2.05 bits per heavy atom. The van der Waals surface area contributed by atoms with Crippen LogP contribution in [0, 0.1) is 6.92 Å². The van der Waals surface area contributed by atoms with Gasteiger partial charge in [0, 0.05) is 19.6 Å². The molecule has 1 saturated heterocycles. The maximum Gasteiger partial charge on any atom is 0.0594 e. The molecule has 3 rings (SSSR count). The van der Waals surface area contributed by atoms with E-state index in [-0.39, 0.29) is 0 Å². The summed E-state index contributed by atoms with van der Waals surface area (Å²) >= 11 is 0. The molecule has 0 spiro atoms. The molecule has 0 aromatic heterocycles. The SMILES string of the molecule is Cc1ccc(-c2ccc(CCN3CCOCC3)cc2)cc1. The molecule has 0 unspecified atom stereocenters. The first-order valence-electron chi connectivity index (χ1n) is 7.77. The molecule has 1 fully saturated rings. The predicted molar refractivity (Wildman–Crippen MR) is 87.6 cm³/mol. The Bertz CT molecular complexity index is 553. The number of hydrogen-bond acceptors (Lipinski definition) is 2. The van der Waals surface area contributed by atoms with Crippen molar-refractivity contribution in [2.75, 3.05) is 32.8 Å². The van der Waals surface area contributed by atoms with Crippen LogP contribution in [-0.2, 0) is 11.2 Å². The summed E-state index contributed by atoms with van der Waals surface area (Å²) in [6.07, 6.45) is 1.12. The van der Waals surface area contributed by atoms with Crippen molar-refractivity contribution in [3.63, 3.8) is 0 Å². The Kier molecular flexibility index (Phi) is 4.69. The lowest BCUT2D eigenvalue weighted by atomic mass is 10.0. The lowest BCUT2D eigenvalue weighted by Crippen LogP contribution is -2.37. The first-order chi connectivity index (χ1) is 10.3. The van der Waals surface area contributed by atoms with E-state index in [4.69, 9.17) is 4.74 Å². The van der Waals surface area contributed by atoms with E-state index in [0.29, 0.717) is 0 Å². The van der Waals surface area contributed by atoms with Crippen LogP contribution in [-0.4, -0.2) is 37.7 Å². The molecule has 2 nitrogen and oxygen atoms in total. The van der Waals surface area contributed by atoms with Gasteiger partial charge in [0.05, 0.1) is 13.2 Å². The molecular formula is C19H23NO. The first kappa shape index (κ1) is 14.3. The third kappa shape index (κ3) is 3.93. The lowest BCUT2D eigenvalue weighted by molar-refractivity contribution is 0.0384. The highest BCUT2D eigenvalue weighted by Gasteiger charge is 2.09. The molecule has 2 aromatic carbocycles. The third-order valence-electron chi connectivity index (χ3n) is 4.16. The van der Waals surface area contributed by atoms with Gasteiger partial charge in [-0.1, -0.05) is 54.1 Å². The summed E-state index contributed by atoms with van der Waals surface area (Å²) < 4.78 is 5.38. The van der Waals surface area contributed by atoms with Gasteiger partial charge in [0.15, 0.2) is 0 Å². The first-order valence-corrected chi connectivity index (χ1v) is 7.77. The molecule has 1 aliphatic heterocycles. The van der Waals surface area contributed by atoms with E-state index in [2.05, 4.69) is 60.4 Å². The highest BCUT2D eigenvalue weighted by atomic mass is 16.5.